The molecule has 0 unspecified atom stereocenters. The Bertz CT molecular complexity index is 323. The molecule has 0 radical (unpaired) electrons. The van der Waals surface area contributed by atoms with E-state index in [4.69, 9.17) is 11.6 Å². The number of carbonyl (C=O) groups is 1. The lowest BCUT2D eigenvalue weighted by atomic mass is 10.1. The van der Waals surface area contributed by atoms with Crippen LogP contribution in [0.25, 0.3) is 0 Å². The van der Waals surface area contributed by atoms with Gasteiger partial charge >= 0.3 is 0 Å². The summed E-state index contributed by atoms with van der Waals surface area (Å²) < 4.78 is 12.2. The number of hydrogen-bond acceptors (Lipinski definition) is 1. The number of Topliss-reactive ketones (excluding diaryl/α,β-unsaturated/α-hetero) is 1. The Morgan fingerprint density at radius 3 is 2.69 bits per heavy atom. The van der Waals surface area contributed by atoms with Crippen LogP contribution in [0.15, 0.2) is 18.2 Å². The highest BCUT2D eigenvalue weighted by Crippen LogP contribution is 2.19. The summed E-state index contributed by atoms with van der Waals surface area (Å²) in [4.78, 5) is 10.8. The van der Waals surface area contributed by atoms with Gasteiger partial charge in [-0.05, 0) is 18.6 Å². The van der Waals surface area contributed by atoms with Crippen molar-refractivity contribution in [2.24, 2.45) is 0 Å². The zero-order chi connectivity index (χ0) is 9.84. The van der Waals surface area contributed by atoms with Gasteiger partial charge in [-0.15, -0.1) is 0 Å². The van der Waals surface area contributed by atoms with E-state index < -0.39 is 6.67 Å². The van der Waals surface area contributed by atoms with Gasteiger partial charge in [-0.3, -0.25) is 4.79 Å². The molecule has 1 nitrogen and oxygen atoms in total. The van der Waals surface area contributed by atoms with Crippen LogP contribution in [0.1, 0.15) is 18.1 Å². The molecule has 0 spiro atoms. The SMILES string of the molecule is CC(=O)Cc1ccc(CF)c(Cl)c1. The molecule has 0 aliphatic heterocycles. The fraction of sp³-hybridized carbons (Fsp3) is 0.300. The molecular weight excluding hydrogens is 191 g/mol. The summed E-state index contributed by atoms with van der Waals surface area (Å²) in [5, 5.41) is 0.390. The largest absolute Gasteiger partial charge is 0.300 e. The quantitative estimate of drug-likeness (QED) is 0.733. The molecule has 1 aromatic carbocycles. The summed E-state index contributed by atoms with van der Waals surface area (Å²) in [7, 11) is 0. The first-order valence-electron chi connectivity index (χ1n) is 3.96. The molecule has 0 N–H and O–H groups in total. The van der Waals surface area contributed by atoms with Crippen LogP contribution < -0.4 is 0 Å². The van der Waals surface area contributed by atoms with E-state index in [1.807, 2.05) is 0 Å². The zero-order valence-corrected chi connectivity index (χ0v) is 8.07. The van der Waals surface area contributed by atoms with E-state index in [2.05, 4.69) is 0 Å². The lowest BCUT2D eigenvalue weighted by Crippen LogP contribution is -1.96. The van der Waals surface area contributed by atoms with E-state index in [9.17, 15) is 9.18 Å². The van der Waals surface area contributed by atoms with Gasteiger partial charge in [0.05, 0.1) is 0 Å². The van der Waals surface area contributed by atoms with E-state index in [1.54, 1.807) is 18.2 Å². The molecular formula is C10H10ClFO. The van der Waals surface area contributed by atoms with Crippen molar-refractivity contribution < 1.29 is 9.18 Å². The van der Waals surface area contributed by atoms with E-state index in [0.29, 0.717) is 17.0 Å². The Morgan fingerprint density at radius 1 is 1.54 bits per heavy atom. The molecule has 0 saturated heterocycles. The number of carbonyl (C=O) groups excluding carboxylic acids is 1. The van der Waals surface area contributed by atoms with Crippen LogP contribution in [0.5, 0.6) is 0 Å². The molecule has 13 heavy (non-hydrogen) atoms. The first kappa shape index (κ1) is 10.2. The van der Waals surface area contributed by atoms with Gasteiger partial charge in [0, 0.05) is 17.0 Å². The van der Waals surface area contributed by atoms with Gasteiger partial charge < -0.3 is 0 Å². The predicted octanol–water partition coefficient (Wildman–Crippen LogP) is 2.94. The van der Waals surface area contributed by atoms with Crippen LogP contribution >= 0.6 is 11.6 Å². The fourth-order valence-electron chi connectivity index (χ4n) is 1.10. The molecule has 0 fully saturated rings. The summed E-state index contributed by atoms with van der Waals surface area (Å²) in [6, 6.07) is 4.97. The van der Waals surface area contributed by atoms with Gasteiger partial charge in [0.2, 0.25) is 0 Å². The van der Waals surface area contributed by atoms with Crippen molar-refractivity contribution in [2.45, 2.75) is 20.0 Å². The molecule has 0 aliphatic carbocycles. The Morgan fingerprint density at radius 2 is 2.23 bits per heavy atom. The second kappa shape index (κ2) is 4.38. The van der Waals surface area contributed by atoms with E-state index in [-0.39, 0.29) is 5.78 Å². The maximum Gasteiger partial charge on any atom is 0.134 e. The third-order valence-corrected chi connectivity index (χ3v) is 2.07. The molecule has 70 valence electrons. The van der Waals surface area contributed by atoms with Gasteiger partial charge in [-0.2, -0.15) is 0 Å². The highest BCUT2D eigenvalue weighted by Gasteiger charge is 2.02. The number of alkyl halides is 1. The standard InChI is InChI=1S/C10H10ClFO/c1-7(13)4-8-2-3-9(6-12)10(11)5-8/h2-3,5H,4,6H2,1H3. The van der Waals surface area contributed by atoms with Crippen LogP contribution in [0.4, 0.5) is 4.39 Å². The van der Waals surface area contributed by atoms with Crippen molar-refractivity contribution in [2.75, 3.05) is 0 Å². The molecule has 0 amide bonds. The van der Waals surface area contributed by atoms with Crippen LogP contribution in [0, 0.1) is 0 Å². The number of rotatable bonds is 3. The highest BCUT2D eigenvalue weighted by molar-refractivity contribution is 6.31. The molecule has 1 aromatic rings. The third kappa shape index (κ3) is 2.81. The van der Waals surface area contributed by atoms with Crippen LogP contribution in [0.3, 0.4) is 0 Å². The average molecular weight is 201 g/mol. The molecule has 0 aliphatic rings. The molecule has 1 rings (SSSR count). The zero-order valence-electron chi connectivity index (χ0n) is 7.31. The Hall–Kier alpha value is -0.890. The van der Waals surface area contributed by atoms with Gasteiger partial charge in [-0.1, -0.05) is 23.7 Å². The van der Waals surface area contributed by atoms with Crippen molar-refractivity contribution in [1.29, 1.82) is 0 Å². The van der Waals surface area contributed by atoms with E-state index >= 15 is 0 Å². The van der Waals surface area contributed by atoms with Crippen LogP contribution in [-0.4, -0.2) is 5.78 Å². The summed E-state index contributed by atoms with van der Waals surface area (Å²) >= 11 is 5.76. The van der Waals surface area contributed by atoms with Crippen molar-refractivity contribution in [3.63, 3.8) is 0 Å². The second-order valence-corrected chi connectivity index (χ2v) is 3.35. The molecule has 0 bridgehead atoms. The Balaban J connectivity index is 2.89. The lowest BCUT2D eigenvalue weighted by molar-refractivity contribution is -0.116. The number of halogens is 2. The summed E-state index contributed by atoms with van der Waals surface area (Å²) in [5.41, 5.74) is 1.30. The van der Waals surface area contributed by atoms with Crippen molar-refractivity contribution in [1.82, 2.24) is 0 Å². The molecule has 0 atom stereocenters. The summed E-state index contributed by atoms with van der Waals surface area (Å²) in [6.07, 6.45) is 0.353. The molecule has 0 heterocycles. The minimum absolute atomic E-state index is 0.0732. The fourth-order valence-corrected chi connectivity index (χ4v) is 1.35. The summed E-state index contributed by atoms with van der Waals surface area (Å²) in [5.74, 6) is 0.0732. The first-order valence-corrected chi connectivity index (χ1v) is 4.34. The molecule has 3 heteroatoms. The number of ketones is 1. The van der Waals surface area contributed by atoms with Crippen molar-refractivity contribution >= 4 is 17.4 Å². The highest BCUT2D eigenvalue weighted by atomic mass is 35.5. The normalized spacial score (nSPS) is 10.1. The maximum atomic E-state index is 12.2. The minimum atomic E-state index is -0.570. The monoisotopic (exact) mass is 200 g/mol. The molecule has 0 saturated carbocycles. The maximum absolute atomic E-state index is 12.2. The first-order chi connectivity index (χ1) is 6.13. The minimum Gasteiger partial charge on any atom is -0.300 e. The van der Waals surface area contributed by atoms with Gasteiger partial charge in [0.15, 0.2) is 0 Å². The van der Waals surface area contributed by atoms with Crippen molar-refractivity contribution in [3.8, 4) is 0 Å². The molecule has 0 aromatic heterocycles. The van der Waals surface area contributed by atoms with Crippen LogP contribution in [0.2, 0.25) is 5.02 Å². The third-order valence-electron chi connectivity index (χ3n) is 1.71. The van der Waals surface area contributed by atoms with Gasteiger partial charge in [0.25, 0.3) is 0 Å². The lowest BCUT2D eigenvalue weighted by Gasteiger charge is -2.02. The van der Waals surface area contributed by atoms with Crippen molar-refractivity contribution in [3.05, 3.63) is 34.3 Å². The topological polar surface area (TPSA) is 17.1 Å². The summed E-state index contributed by atoms with van der Waals surface area (Å²) in [6.45, 7) is 0.941. The Labute approximate surface area is 81.5 Å². The number of hydrogen-bond donors (Lipinski definition) is 0. The second-order valence-electron chi connectivity index (χ2n) is 2.94. The van der Waals surface area contributed by atoms with Gasteiger partial charge in [0.1, 0.15) is 12.5 Å². The Kier molecular flexibility index (Phi) is 3.43. The smallest absolute Gasteiger partial charge is 0.134 e. The van der Waals surface area contributed by atoms with Crippen LogP contribution in [-0.2, 0) is 17.9 Å². The number of benzene rings is 1. The van der Waals surface area contributed by atoms with E-state index in [1.165, 1.54) is 6.92 Å². The van der Waals surface area contributed by atoms with Gasteiger partial charge in [-0.25, -0.2) is 4.39 Å². The average Bonchev–Trinajstić information content (AvgIpc) is 2.03. The predicted molar refractivity (Wildman–Crippen MR) is 50.6 cm³/mol. The van der Waals surface area contributed by atoms with E-state index in [0.717, 1.165) is 5.56 Å².